The van der Waals surface area contributed by atoms with Gasteiger partial charge in [-0.3, -0.25) is 4.79 Å². The zero-order chi connectivity index (χ0) is 16.9. The van der Waals surface area contributed by atoms with Crippen LogP contribution < -0.4 is 14.8 Å². The number of carbonyl (C=O) groups is 1. The highest BCUT2D eigenvalue weighted by Crippen LogP contribution is 2.38. The Morgan fingerprint density at radius 3 is 3.00 bits per heavy atom. The van der Waals surface area contributed by atoms with Crippen LogP contribution in [0.15, 0.2) is 12.1 Å². The van der Waals surface area contributed by atoms with E-state index >= 15 is 0 Å². The highest BCUT2D eigenvalue weighted by Gasteiger charge is 2.18. The maximum Gasteiger partial charge on any atom is 0.230 e. The minimum absolute atomic E-state index is 0.166. The van der Waals surface area contributed by atoms with Gasteiger partial charge < -0.3 is 14.8 Å². The van der Waals surface area contributed by atoms with Gasteiger partial charge in [0.2, 0.25) is 11.0 Å². The Labute approximate surface area is 149 Å². The van der Waals surface area contributed by atoms with E-state index in [-0.39, 0.29) is 12.3 Å². The monoisotopic (exact) mass is 367 g/mol. The van der Waals surface area contributed by atoms with Crippen molar-refractivity contribution in [1.29, 1.82) is 0 Å². The molecule has 2 aromatic rings. The van der Waals surface area contributed by atoms with Gasteiger partial charge in [0.1, 0.15) is 18.2 Å². The molecular weight excluding hydrogens is 350 g/mol. The van der Waals surface area contributed by atoms with Gasteiger partial charge >= 0.3 is 0 Å². The van der Waals surface area contributed by atoms with Gasteiger partial charge in [-0.05, 0) is 24.1 Å². The maximum absolute atomic E-state index is 12.2. The summed E-state index contributed by atoms with van der Waals surface area (Å²) in [4.78, 5) is 12.2. The van der Waals surface area contributed by atoms with Crippen LogP contribution in [-0.2, 0) is 17.6 Å². The van der Waals surface area contributed by atoms with Crippen LogP contribution >= 0.6 is 22.9 Å². The summed E-state index contributed by atoms with van der Waals surface area (Å²) in [5.74, 6) is 0.951. The minimum Gasteiger partial charge on any atom is -0.486 e. The maximum atomic E-state index is 12.2. The zero-order valence-corrected chi connectivity index (χ0v) is 14.9. The fourth-order valence-electron chi connectivity index (χ4n) is 2.35. The Morgan fingerprint density at radius 2 is 2.17 bits per heavy atom. The van der Waals surface area contributed by atoms with E-state index in [1.54, 1.807) is 12.1 Å². The second-order valence-corrected chi connectivity index (χ2v) is 6.90. The molecule has 1 aliphatic rings. The summed E-state index contributed by atoms with van der Waals surface area (Å²) < 4.78 is 11.0. The van der Waals surface area contributed by atoms with Crippen LogP contribution in [0.4, 0.5) is 5.13 Å². The molecule has 0 saturated heterocycles. The standard InChI is InChI=1S/C16H18ClN3O3S/c1-2-3-4-14-19-20-16(24-14)18-13(21)9-10-7-11(17)15-12(8-10)22-5-6-23-15/h7-8H,2-6,9H2,1H3,(H,18,20,21). The molecule has 1 N–H and O–H groups in total. The first kappa shape index (κ1) is 17.0. The quantitative estimate of drug-likeness (QED) is 0.846. The van der Waals surface area contributed by atoms with Crippen molar-refractivity contribution in [1.82, 2.24) is 10.2 Å². The van der Waals surface area contributed by atoms with Crippen molar-refractivity contribution in [3.8, 4) is 11.5 Å². The number of aryl methyl sites for hydroxylation is 1. The third-order valence-electron chi connectivity index (χ3n) is 3.48. The molecule has 2 heterocycles. The Morgan fingerprint density at radius 1 is 1.33 bits per heavy atom. The first-order chi connectivity index (χ1) is 11.7. The van der Waals surface area contributed by atoms with E-state index in [4.69, 9.17) is 21.1 Å². The fraction of sp³-hybridized carbons (Fsp3) is 0.438. The highest BCUT2D eigenvalue weighted by atomic mass is 35.5. The Balaban J connectivity index is 1.62. The number of rotatable bonds is 6. The molecule has 6 nitrogen and oxygen atoms in total. The number of hydrogen-bond acceptors (Lipinski definition) is 6. The second-order valence-electron chi connectivity index (χ2n) is 5.43. The third kappa shape index (κ3) is 4.15. The van der Waals surface area contributed by atoms with Crippen molar-refractivity contribution in [3.63, 3.8) is 0 Å². The number of aromatic nitrogens is 2. The van der Waals surface area contributed by atoms with Crippen LogP contribution in [0.2, 0.25) is 5.02 Å². The number of nitrogens with one attached hydrogen (secondary N) is 1. The van der Waals surface area contributed by atoms with E-state index in [0.29, 0.717) is 34.9 Å². The summed E-state index contributed by atoms with van der Waals surface area (Å²) in [5.41, 5.74) is 0.762. The lowest BCUT2D eigenvalue weighted by Crippen LogP contribution is -2.17. The van der Waals surface area contributed by atoms with E-state index in [1.165, 1.54) is 11.3 Å². The molecule has 0 radical (unpaired) electrons. The van der Waals surface area contributed by atoms with Crippen LogP contribution in [-0.4, -0.2) is 29.3 Å². The van der Waals surface area contributed by atoms with E-state index in [9.17, 15) is 4.79 Å². The summed E-state index contributed by atoms with van der Waals surface area (Å²) in [5, 5.41) is 12.8. The van der Waals surface area contributed by atoms with Gasteiger partial charge in [0.25, 0.3) is 0 Å². The molecule has 0 unspecified atom stereocenters. The largest absolute Gasteiger partial charge is 0.486 e. The normalized spacial score (nSPS) is 12.9. The van der Waals surface area contributed by atoms with Crippen molar-refractivity contribution in [3.05, 3.63) is 27.7 Å². The molecule has 8 heteroatoms. The predicted octanol–water partition coefficient (Wildman–Crippen LogP) is 3.49. The smallest absolute Gasteiger partial charge is 0.230 e. The first-order valence-electron chi connectivity index (χ1n) is 7.86. The van der Waals surface area contributed by atoms with Crippen molar-refractivity contribution < 1.29 is 14.3 Å². The first-order valence-corrected chi connectivity index (χ1v) is 9.05. The summed E-state index contributed by atoms with van der Waals surface area (Å²) in [6.07, 6.45) is 3.24. The van der Waals surface area contributed by atoms with Gasteiger partial charge in [-0.15, -0.1) is 10.2 Å². The fourth-order valence-corrected chi connectivity index (χ4v) is 3.43. The van der Waals surface area contributed by atoms with Crippen LogP contribution in [0.25, 0.3) is 0 Å². The summed E-state index contributed by atoms with van der Waals surface area (Å²) >= 11 is 7.60. The van der Waals surface area contributed by atoms with Gasteiger partial charge in [-0.25, -0.2) is 0 Å². The molecule has 0 atom stereocenters. The lowest BCUT2D eigenvalue weighted by Gasteiger charge is -2.20. The second kappa shape index (κ2) is 7.81. The number of anilines is 1. The molecule has 24 heavy (non-hydrogen) atoms. The molecule has 1 aliphatic heterocycles. The van der Waals surface area contributed by atoms with Gasteiger partial charge in [-0.2, -0.15) is 0 Å². The average molecular weight is 368 g/mol. The van der Waals surface area contributed by atoms with Crippen LogP contribution in [0.3, 0.4) is 0 Å². The number of benzene rings is 1. The summed E-state index contributed by atoms with van der Waals surface area (Å²) in [6, 6.07) is 3.51. The molecule has 0 bridgehead atoms. The molecule has 1 aromatic carbocycles. The molecule has 3 rings (SSSR count). The van der Waals surface area contributed by atoms with Crippen LogP contribution in [0.5, 0.6) is 11.5 Å². The van der Waals surface area contributed by atoms with Crippen LogP contribution in [0, 0.1) is 0 Å². The average Bonchev–Trinajstić information content (AvgIpc) is 3.00. The molecule has 0 fully saturated rings. The van der Waals surface area contributed by atoms with Crippen molar-refractivity contribution in [2.45, 2.75) is 32.6 Å². The number of unbranched alkanes of at least 4 members (excludes halogenated alkanes) is 1. The Bertz CT molecular complexity index is 735. The van der Waals surface area contributed by atoms with Gasteiger partial charge in [0.15, 0.2) is 11.5 Å². The third-order valence-corrected chi connectivity index (χ3v) is 4.66. The summed E-state index contributed by atoms with van der Waals surface area (Å²) in [6.45, 7) is 3.08. The molecule has 0 saturated carbocycles. The number of halogens is 1. The molecule has 0 aliphatic carbocycles. The Kier molecular flexibility index (Phi) is 5.52. The molecule has 1 amide bonds. The van der Waals surface area contributed by atoms with Gasteiger partial charge in [0.05, 0.1) is 11.4 Å². The number of hydrogen-bond donors (Lipinski definition) is 1. The molecule has 0 spiro atoms. The minimum atomic E-state index is -0.166. The highest BCUT2D eigenvalue weighted by molar-refractivity contribution is 7.15. The van der Waals surface area contributed by atoms with E-state index in [0.717, 1.165) is 29.8 Å². The van der Waals surface area contributed by atoms with Crippen molar-refractivity contribution >= 4 is 34.0 Å². The number of amides is 1. The zero-order valence-electron chi connectivity index (χ0n) is 13.3. The lowest BCUT2D eigenvalue weighted by atomic mass is 10.1. The van der Waals surface area contributed by atoms with Gasteiger partial charge in [0, 0.05) is 6.42 Å². The summed E-state index contributed by atoms with van der Waals surface area (Å²) in [7, 11) is 0. The number of nitrogens with zero attached hydrogens (tertiary/aromatic N) is 2. The van der Waals surface area contributed by atoms with Crippen molar-refractivity contribution in [2.24, 2.45) is 0 Å². The SMILES string of the molecule is CCCCc1nnc(NC(=O)Cc2cc(Cl)c3c(c2)OCCO3)s1. The topological polar surface area (TPSA) is 73.3 Å². The predicted molar refractivity (Wildman–Crippen MR) is 93.3 cm³/mol. The lowest BCUT2D eigenvalue weighted by molar-refractivity contribution is -0.115. The molecule has 1 aromatic heterocycles. The van der Waals surface area contributed by atoms with E-state index in [1.807, 2.05) is 0 Å². The van der Waals surface area contributed by atoms with E-state index in [2.05, 4.69) is 22.4 Å². The number of carbonyl (C=O) groups excluding carboxylic acids is 1. The molecule has 128 valence electrons. The number of fused-ring (bicyclic) bond motifs is 1. The van der Waals surface area contributed by atoms with Crippen LogP contribution in [0.1, 0.15) is 30.3 Å². The Hall–Kier alpha value is -1.86. The van der Waals surface area contributed by atoms with Gasteiger partial charge in [-0.1, -0.05) is 36.3 Å². The molecular formula is C16H18ClN3O3S. The number of ether oxygens (including phenoxy) is 2. The van der Waals surface area contributed by atoms with Crippen molar-refractivity contribution in [2.75, 3.05) is 18.5 Å². The van der Waals surface area contributed by atoms with E-state index < -0.39 is 0 Å².